The maximum absolute atomic E-state index is 12.8. The molecule has 3 N–H and O–H groups in total. The van der Waals surface area contributed by atoms with E-state index >= 15 is 0 Å². The standard InChI is InChI=1S/C22H26N2O5S/c1-22(26)10-4-9-18-17(22)12-19(29-18)30(27,28)24-21(25)23-20-15-7-2-5-13(15)11-14-6-3-8-16(14)20/h11-12,26H,2-10H2,1H3,(H2,23,24,25)/t22-/m0/s1. The smallest absolute Gasteiger partial charge is 0.333 e. The number of aliphatic hydroxyl groups is 1. The zero-order chi connectivity index (χ0) is 21.1. The van der Waals surface area contributed by atoms with Gasteiger partial charge in [0.15, 0.2) is 0 Å². The Bertz CT molecular complexity index is 1110. The van der Waals surface area contributed by atoms with Crippen molar-refractivity contribution in [2.24, 2.45) is 0 Å². The lowest BCUT2D eigenvalue weighted by molar-refractivity contribution is 0.0362. The molecule has 3 aliphatic rings. The van der Waals surface area contributed by atoms with Gasteiger partial charge in [-0.3, -0.25) is 0 Å². The summed E-state index contributed by atoms with van der Waals surface area (Å²) in [5.74, 6) is 0.464. The van der Waals surface area contributed by atoms with E-state index in [2.05, 4.69) is 16.1 Å². The first-order valence-electron chi connectivity index (χ1n) is 10.6. The Morgan fingerprint density at radius 2 is 1.70 bits per heavy atom. The minimum atomic E-state index is -4.19. The van der Waals surface area contributed by atoms with Crippen molar-refractivity contribution in [3.8, 4) is 0 Å². The summed E-state index contributed by atoms with van der Waals surface area (Å²) in [5.41, 5.74) is 4.92. The fraction of sp³-hybridized carbons (Fsp3) is 0.500. The summed E-state index contributed by atoms with van der Waals surface area (Å²) in [6.45, 7) is 1.65. The first kappa shape index (κ1) is 19.6. The van der Waals surface area contributed by atoms with Gasteiger partial charge in [0.1, 0.15) is 5.76 Å². The van der Waals surface area contributed by atoms with E-state index in [0.717, 1.165) is 55.3 Å². The first-order valence-corrected chi connectivity index (χ1v) is 12.1. The minimum Gasteiger partial charge on any atom is -0.447 e. The Labute approximate surface area is 175 Å². The van der Waals surface area contributed by atoms with Crippen LogP contribution in [0.15, 0.2) is 21.6 Å². The van der Waals surface area contributed by atoms with E-state index in [1.165, 1.54) is 17.2 Å². The van der Waals surface area contributed by atoms with Crippen LogP contribution in [0.3, 0.4) is 0 Å². The van der Waals surface area contributed by atoms with Gasteiger partial charge in [-0.05, 0) is 80.5 Å². The van der Waals surface area contributed by atoms with Gasteiger partial charge < -0.3 is 14.8 Å². The number of aryl methyl sites for hydroxylation is 3. The molecule has 2 aromatic rings. The molecule has 3 aliphatic carbocycles. The van der Waals surface area contributed by atoms with Crippen molar-refractivity contribution in [1.29, 1.82) is 0 Å². The predicted molar refractivity (Wildman–Crippen MR) is 111 cm³/mol. The lowest BCUT2D eigenvalue weighted by Crippen LogP contribution is -2.34. The van der Waals surface area contributed by atoms with Crippen molar-refractivity contribution in [2.45, 2.75) is 75.4 Å². The Morgan fingerprint density at radius 3 is 2.33 bits per heavy atom. The fourth-order valence-corrected chi connectivity index (χ4v) is 6.06. The average Bonchev–Trinajstić information content (AvgIpc) is 3.39. The Morgan fingerprint density at radius 1 is 1.03 bits per heavy atom. The van der Waals surface area contributed by atoms with E-state index in [4.69, 9.17) is 4.42 Å². The molecule has 0 unspecified atom stereocenters. The number of hydrogen-bond donors (Lipinski definition) is 3. The second-order valence-electron chi connectivity index (χ2n) is 8.82. The summed E-state index contributed by atoms with van der Waals surface area (Å²) in [4.78, 5) is 12.7. The number of carbonyl (C=O) groups excluding carboxylic acids is 1. The third-order valence-corrected chi connectivity index (χ3v) is 7.82. The molecule has 0 aliphatic heterocycles. The highest BCUT2D eigenvalue weighted by molar-refractivity contribution is 7.89. The topological polar surface area (TPSA) is 109 Å². The fourth-order valence-electron chi connectivity index (χ4n) is 5.18. The molecule has 1 heterocycles. The second kappa shape index (κ2) is 6.85. The van der Waals surface area contributed by atoms with Crippen LogP contribution in [0.1, 0.15) is 66.2 Å². The van der Waals surface area contributed by atoms with Gasteiger partial charge >= 0.3 is 6.03 Å². The molecule has 0 saturated carbocycles. The Kier molecular flexibility index (Phi) is 4.48. The third kappa shape index (κ3) is 3.22. The molecule has 1 atom stereocenters. The van der Waals surface area contributed by atoms with E-state index in [0.29, 0.717) is 30.6 Å². The number of carbonyl (C=O) groups is 1. The quantitative estimate of drug-likeness (QED) is 0.692. The summed E-state index contributed by atoms with van der Waals surface area (Å²) in [5, 5.41) is 13.0. The molecule has 1 aromatic carbocycles. The summed E-state index contributed by atoms with van der Waals surface area (Å²) in [6.07, 6.45) is 7.69. The van der Waals surface area contributed by atoms with Gasteiger partial charge in [0.25, 0.3) is 10.0 Å². The monoisotopic (exact) mass is 430 g/mol. The lowest BCUT2D eigenvalue weighted by atomic mass is 9.85. The van der Waals surface area contributed by atoms with E-state index in [1.54, 1.807) is 6.92 Å². The van der Waals surface area contributed by atoms with Gasteiger partial charge in [-0.1, -0.05) is 6.07 Å². The van der Waals surface area contributed by atoms with Crippen LogP contribution in [-0.4, -0.2) is 19.6 Å². The van der Waals surface area contributed by atoms with Gasteiger partial charge in [0.05, 0.1) is 5.60 Å². The Hall–Kier alpha value is -2.32. The highest BCUT2D eigenvalue weighted by Crippen LogP contribution is 2.39. The van der Waals surface area contributed by atoms with Crippen molar-refractivity contribution in [1.82, 2.24) is 4.72 Å². The van der Waals surface area contributed by atoms with Gasteiger partial charge in [-0.15, -0.1) is 0 Å². The molecule has 0 fully saturated rings. The van der Waals surface area contributed by atoms with Crippen LogP contribution in [0, 0.1) is 0 Å². The normalized spacial score (nSPS) is 22.3. The van der Waals surface area contributed by atoms with E-state index < -0.39 is 21.7 Å². The van der Waals surface area contributed by atoms with Crippen LogP contribution in [-0.2, 0) is 47.7 Å². The van der Waals surface area contributed by atoms with Crippen LogP contribution in [0.2, 0.25) is 0 Å². The highest BCUT2D eigenvalue weighted by Gasteiger charge is 2.36. The summed E-state index contributed by atoms with van der Waals surface area (Å²) in [7, 11) is -4.19. The number of hydrogen-bond acceptors (Lipinski definition) is 5. The molecule has 160 valence electrons. The number of benzene rings is 1. The summed E-state index contributed by atoms with van der Waals surface area (Å²) in [6, 6.07) is 2.80. The van der Waals surface area contributed by atoms with Crippen molar-refractivity contribution in [3.05, 3.63) is 45.7 Å². The number of amides is 2. The van der Waals surface area contributed by atoms with Gasteiger partial charge in [0, 0.05) is 23.7 Å². The average molecular weight is 431 g/mol. The molecule has 8 heteroatoms. The van der Waals surface area contributed by atoms with Crippen LogP contribution < -0.4 is 10.0 Å². The third-order valence-electron chi connectivity index (χ3n) is 6.64. The number of anilines is 1. The molecule has 0 bridgehead atoms. The van der Waals surface area contributed by atoms with Gasteiger partial charge in [0.2, 0.25) is 5.09 Å². The largest absolute Gasteiger partial charge is 0.447 e. The molecule has 2 amide bonds. The number of rotatable bonds is 3. The molecular formula is C22H26N2O5S. The maximum Gasteiger partial charge on any atom is 0.333 e. The van der Waals surface area contributed by atoms with E-state index in [1.807, 2.05) is 0 Å². The lowest BCUT2D eigenvalue weighted by Gasteiger charge is -2.26. The van der Waals surface area contributed by atoms with Crippen LogP contribution in [0.25, 0.3) is 0 Å². The van der Waals surface area contributed by atoms with Crippen molar-refractivity contribution < 1.29 is 22.7 Å². The van der Waals surface area contributed by atoms with Crippen LogP contribution in [0.5, 0.6) is 0 Å². The zero-order valence-electron chi connectivity index (χ0n) is 17.0. The Balaban J connectivity index is 1.40. The molecule has 0 spiro atoms. The van der Waals surface area contributed by atoms with Gasteiger partial charge in [-0.2, -0.15) is 8.42 Å². The SMILES string of the molecule is C[C@]1(O)CCCc2oc(S(=O)(=O)NC(=O)Nc3c4c(cc5c3CCC5)CCC4)cc21. The van der Waals surface area contributed by atoms with Crippen LogP contribution in [0.4, 0.5) is 10.5 Å². The highest BCUT2D eigenvalue weighted by atomic mass is 32.2. The maximum atomic E-state index is 12.8. The molecule has 0 radical (unpaired) electrons. The number of fused-ring (bicyclic) bond motifs is 3. The summed E-state index contributed by atoms with van der Waals surface area (Å²) >= 11 is 0. The van der Waals surface area contributed by atoms with E-state index in [-0.39, 0.29) is 5.09 Å². The molecule has 7 nitrogen and oxygen atoms in total. The van der Waals surface area contributed by atoms with Crippen molar-refractivity contribution in [2.75, 3.05) is 5.32 Å². The molecule has 5 rings (SSSR count). The van der Waals surface area contributed by atoms with Crippen molar-refractivity contribution >= 4 is 21.7 Å². The number of nitrogens with one attached hydrogen (secondary N) is 2. The second-order valence-corrected chi connectivity index (χ2v) is 10.4. The van der Waals surface area contributed by atoms with Crippen LogP contribution >= 0.6 is 0 Å². The molecule has 0 saturated heterocycles. The number of furan rings is 1. The van der Waals surface area contributed by atoms with Gasteiger partial charge in [-0.25, -0.2) is 9.52 Å². The predicted octanol–water partition coefficient (Wildman–Crippen LogP) is 3.31. The zero-order valence-corrected chi connectivity index (χ0v) is 17.8. The number of sulfonamides is 1. The van der Waals surface area contributed by atoms with Crippen molar-refractivity contribution in [3.63, 3.8) is 0 Å². The molecule has 1 aromatic heterocycles. The molecule has 30 heavy (non-hydrogen) atoms. The first-order chi connectivity index (χ1) is 14.2. The summed E-state index contributed by atoms with van der Waals surface area (Å²) < 4.78 is 33.2. The molecular weight excluding hydrogens is 404 g/mol. The minimum absolute atomic E-state index is 0.339. The number of urea groups is 1. The van der Waals surface area contributed by atoms with E-state index in [9.17, 15) is 18.3 Å².